The number of aromatic nitrogens is 1. The van der Waals surface area contributed by atoms with Crippen LogP contribution in [0.1, 0.15) is 24.8 Å². The lowest BCUT2D eigenvalue weighted by Gasteiger charge is -2.44. The van der Waals surface area contributed by atoms with Crippen molar-refractivity contribution in [1.29, 1.82) is 0 Å². The zero-order valence-corrected chi connectivity index (χ0v) is 10.3. The van der Waals surface area contributed by atoms with E-state index < -0.39 is 0 Å². The van der Waals surface area contributed by atoms with Gasteiger partial charge in [-0.3, -0.25) is 9.88 Å². The zero-order chi connectivity index (χ0) is 11.5. The zero-order valence-electron chi connectivity index (χ0n) is 10.3. The maximum atomic E-state index is 4.14. The highest BCUT2D eigenvalue weighted by molar-refractivity contribution is 5.13. The second-order valence-corrected chi connectivity index (χ2v) is 5.28. The number of hydrogen-bond donors (Lipinski definition) is 0. The van der Waals surface area contributed by atoms with E-state index in [4.69, 9.17) is 0 Å². The minimum atomic E-state index is 0.708. The molecule has 4 heterocycles. The van der Waals surface area contributed by atoms with Crippen LogP contribution in [0.5, 0.6) is 0 Å². The fraction of sp³-hybridized carbons (Fsp3) is 0.533. The second-order valence-electron chi connectivity index (χ2n) is 5.28. The Hall–Kier alpha value is -1.15. The van der Waals surface area contributed by atoms with Crippen molar-refractivity contribution in [3.8, 4) is 0 Å². The molecule has 0 amide bonds. The van der Waals surface area contributed by atoms with Gasteiger partial charge in [0.1, 0.15) is 0 Å². The molecule has 17 heavy (non-hydrogen) atoms. The first-order valence-corrected chi connectivity index (χ1v) is 6.71. The van der Waals surface area contributed by atoms with E-state index in [9.17, 15) is 0 Å². The SMILES string of the molecule is C(=CC1CC2CCN1CC2)Cc1cccnc1. The van der Waals surface area contributed by atoms with Crippen LogP contribution in [0, 0.1) is 5.92 Å². The van der Waals surface area contributed by atoms with Crippen LogP contribution >= 0.6 is 0 Å². The summed E-state index contributed by atoms with van der Waals surface area (Å²) in [6.45, 7) is 2.62. The molecule has 0 radical (unpaired) electrons. The Morgan fingerprint density at radius 1 is 1.35 bits per heavy atom. The minimum absolute atomic E-state index is 0.708. The molecule has 3 fully saturated rings. The van der Waals surface area contributed by atoms with E-state index in [0.29, 0.717) is 6.04 Å². The number of pyridine rings is 1. The molecule has 3 aliphatic rings. The number of fused-ring (bicyclic) bond motifs is 3. The third-order valence-corrected chi connectivity index (χ3v) is 4.13. The van der Waals surface area contributed by atoms with Gasteiger partial charge in [-0.1, -0.05) is 18.2 Å². The molecule has 1 aromatic rings. The Morgan fingerprint density at radius 3 is 2.88 bits per heavy atom. The topological polar surface area (TPSA) is 16.1 Å². The van der Waals surface area contributed by atoms with Gasteiger partial charge in [0.25, 0.3) is 0 Å². The molecule has 0 saturated carbocycles. The first-order valence-electron chi connectivity index (χ1n) is 6.71. The molecular weight excluding hydrogens is 208 g/mol. The summed E-state index contributed by atoms with van der Waals surface area (Å²) in [4.78, 5) is 6.78. The van der Waals surface area contributed by atoms with Crippen molar-refractivity contribution in [3.05, 3.63) is 42.2 Å². The quantitative estimate of drug-likeness (QED) is 0.739. The van der Waals surface area contributed by atoms with Crippen molar-refractivity contribution < 1.29 is 0 Å². The van der Waals surface area contributed by atoms with Crippen molar-refractivity contribution in [2.45, 2.75) is 31.7 Å². The highest BCUT2D eigenvalue weighted by Crippen LogP contribution is 2.32. The summed E-state index contributed by atoms with van der Waals surface area (Å²) in [5, 5.41) is 0. The summed E-state index contributed by atoms with van der Waals surface area (Å²) in [5.74, 6) is 0.994. The Balaban J connectivity index is 1.57. The predicted molar refractivity (Wildman–Crippen MR) is 69.8 cm³/mol. The van der Waals surface area contributed by atoms with Gasteiger partial charge < -0.3 is 0 Å². The largest absolute Gasteiger partial charge is 0.297 e. The molecule has 0 aliphatic carbocycles. The highest BCUT2D eigenvalue weighted by atomic mass is 15.2. The van der Waals surface area contributed by atoms with Gasteiger partial charge in [-0.25, -0.2) is 0 Å². The van der Waals surface area contributed by atoms with Crippen LogP contribution in [0.3, 0.4) is 0 Å². The maximum absolute atomic E-state index is 4.14. The summed E-state index contributed by atoms with van der Waals surface area (Å²) in [6, 6.07) is 4.86. The first kappa shape index (κ1) is 11.0. The summed E-state index contributed by atoms with van der Waals surface area (Å²) in [6.07, 6.45) is 13.8. The van der Waals surface area contributed by atoms with Crippen molar-refractivity contribution in [3.63, 3.8) is 0 Å². The highest BCUT2D eigenvalue weighted by Gasteiger charge is 2.31. The molecule has 0 N–H and O–H groups in total. The van der Waals surface area contributed by atoms with Gasteiger partial charge in [-0.15, -0.1) is 0 Å². The van der Waals surface area contributed by atoms with Crippen LogP contribution in [0.4, 0.5) is 0 Å². The number of nitrogens with zero attached hydrogens (tertiary/aromatic N) is 2. The fourth-order valence-electron chi connectivity index (χ4n) is 3.09. The van der Waals surface area contributed by atoms with Gasteiger partial charge >= 0.3 is 0 Å². The summed E-state index contributed by atoms with van der Waals surface area (Å²) < 4.78 is 0. The monoisotopic (exact) mass is 228 g/mol. The van der Waals surface area contributed by atoms with Crippen molar-refractivity contribution in [1.82, 2.24) is 9.88 Å². The average Bonchev–Trinajstić information content (AvgIpc) is 2.41. The lowest BCUT2D eigenvalue weighted by molar-refractivity contribution is 0.0735. The molecule has 2 heteroatoms. The maximum Gasteiger partial charge on any atom is 0.0303 e. The standard InChI is InChI=1S/C15H20N2/c1(3-14-4-2-8-16-12-14)5-15-11-13-6-9-17(15)10-7-13/h1-2,4-5,8,12-13,15H,3,6-7,9-11H2. The van der Waals surface area contributed by atoms with Gasteiger partial charge in [0.05, 0.1) is 0 Å². The van der Waals surface area contributed by atoms with Crippen LogP contribution in [0.2, 0.25) is 0 Å². The molecule has 0 aromatic carbocycles. The van der Waals surface area contributed by atoms with Crippen molar-refractivity contribution in [2.24, 2.45) is 5.92 Å². The fourth-order valence-corrected chi connectivity index (χ4v) is 3.09. The molecular formula is C15H20N2. The van der Waals surface area contributed by atoms with E-state index in [-0.39, 0.29) is 0 Å². The third-order valence-electron chi connectivity index (χ3n) is 4.13. The lowest BCUT2D eigenvalue weighted by atomic mass is 9.83. The normalized spacial score (nSPS) is 32.1. The number of rotatable bonds is 3. The molecule has 0 spiro atoms. The van der Waals surface area contributed by atoms with E-state index in [1.807, 2.05) is 18.5 Å². The Morgan fingerprint density at radius 2 is 2.24 bits per heavy atom. The summed E-state index contributed by atoms with van der Waals surface area (Å²) in [5.41, 5.74) is 1.31. The molecule has 4 rings (SSSR count). The lowest BCUT2D eigenvalue weighted by Crippen LogP contribution is -2.47. The van der Waals surface area contributed by atoms with E-state index >= 15 is 0 Å². The predicted octanol–water partition coefficient (Wildman–Crippen LogP) is 2.66. The van der Waals surface area contributed by atoms with Crippen LogP contribution in [-0.4, -0.2) is 29.0 Å². The second kappa shape index (κ2) is 5.01. The molecule has 90 valence electrons. The molecule has 2 bridgehead atoms. The van der Waals surface area contributed by atoms with Crippen LogP contribution < -0.4 is 0 Å². The van der Waals surface area contributed by atoms with Gasteiger partial charge in [0, 0.05) is 18.4 Å². The van der Waals surface area contributed by atoms with Crippen LogP contribution in [0.25, 0.3) is 0 Å². The van der Waals surface area contributed by atoms with E-state index in [1.54, 1.807) is 0 Å². The van der Waals surface area contributed by atoms with E-state index in [2.05, 4.69) is 28.1 Å². The first-order chi connectivity index (χ1) is 8.42. The van der Waals surface area contributed by atoms with E-state index in [1.165, 1.54) is 37.9 Å². The third kappa shape index (κ3) is 2.58. The van der Waals surface area contributed by atoms with Crippen molar-refractivity contribution >= 4 is 0 Å². The molecule has 1 aromatic heterocycles. The minimum Gasteiger partial charge on any atom is -0.297 e. The Kier molecular flexibility index (Phi) is 3.23. The van der Waals surface area contributed by atoms with Crippen LogP contribution in [-0.2, 0) is 6.42 Å². The Labute approximate surface area is 103 Å². The van der Waals surface area contributed by atoms with Gasteiger partial charge in [-0.05, 0) is 56.3 Å². The van der Waals surface area contributed by atoms with Gasteiger partial charge in [0.2, 0.25) is 0 Å². The number of allylic oxidation sites excluding steroid dienone is 1. The number of piperidine rings is 3. The molecule has 1 atom stereocenters. The van der Waals surface area contributed by atoms with Crippen molar-refractivity contribution in [2.75, 3.05) is 13.1 Å². The molecule has 1 unspecified atom stereocenters. The average molecular weight is 228 g/mol. The smallest absolute Gasteiger partial charge is 0.0303 e. The van der Waals surface area contributed by atoms with Crippen LogP contribution in [0.15, 0.2) is 36.7 Å². The Bertz CT molecular complexity index is 377. The van der Waals surface area contributed by atoms with Gasteiger partial charge in [-0.2, -0.15) is 0 Å². The van der Waals surface area contributed by atoms with Gasteiger partial charge in [0.15, 0.2) is 0 Å². The summed E-state index contributed by atoms with van der Waals surface area (Å²) >= 11 is 0. The molecule has 3 saturated heterocycles. The molecule has 2 nitrogen and oxygen atoms in total. The summed E-state index contributed by atoms with van der Waals surface area (Å²) in [7, 11) is 0. The molecule has 3 aliphatic heterocycles. The number of hydrogen-bond acceptors (Lipinski definition) is 2. The van der Waals surface area contributed by atoms with E-state index in [0.717, 1.165) is 12.3 Å².